The number of hydrogen-bond acceptors (Lipinski definition) is 7. The van der Waals surface area contributed by atoms with Crippen LogP contribution in [0.4, 0.5) is 0 Å². The Balaban J connectivity index is 3.67. The van der Waals surface area contributed by atoms with E-state index in [4.69, 9.17) is 20.3 Å². The first-order valence-corrected chi connectivity index (χ1v) is 10.2. The van der Waals surface area contributed by atoms with E-state index in [9.17, 15) is 4.79 Å². The van der Waals surface area contributed by atoms with Crippen LogP contribution in [0.5, 0.6) is 0 Å². The first kappa shape index (κ1) is 26.2. The van der Waals surface area contributed by atoms with Gasteiger partial charge in [-0.25, -0.2) is 0 Å². The molecule has 0 aromatic heterocycles. The van der Waals surface area contributed by atoms with E-state index in [0.717, 1.165) is 45.5 Å². The molecule has 0 bridgehead atoms. The van der Waals surface area contributed by atoms with Crippen LogP contribution in [0.3, 0.4) is 0 Å². The van der Waals surface area contributed by atoms with Crippen molar-refractivity contribution in [3.63, 3.8) is 0 Å². The number of carbonyl (C=O) groups is 1. The van der Waals surface area contributed by atoms with Gasteiger partial charge in [-0.05, 0) is 53.1 Å². The highest BCUT2D eigenvalue weighted by atomic mass is 16.5. The number of rotatable bonds is 19. The second-order valence-corrected chi connectivity index (χ2v) is 7.03. The van der Waals surface area contributed by atoms with E-state index in [1.54, 1.807) is 0 Å². The smallest absolute Gasteiger partial charge is 0.245 e. The van der Waals surface area contributed by atoms with Crippen molar-refractivity contribution in [1.82, 2.24) is 15.5 Å². The van der Waals surface area contributed by atoms with Crippen molar-refractivity contribution in [2.45, 2.75) is 52.1 Å². The molecule has 162 valence electrons. The largest absolute Gasteiger partial charge is 0.387 e. The average molecular weight is 391 g/mol. The Hall–Kier alpha value is -0.770. The Kier molecular flexibility index (Phi) is 18.1. The van der Waals surface area contributed by atoms with Crippen molar-refractivity contribution >= 4 is 5.91 Å². The van der Waals surface area contributed by atoms with Gasteiger partial charge in [-0.2, -0.15) is 0 Å². The molecule has 0 spiro atoms. The molecule has 0 saturated heterocycles. The average Bonchev–Trinajstić information content (AvgIpc) is 2.65. The standard InChI is InChI=1S/C19H42N4O4/c1-17(2)23(10-4-5-11-26-13-7-20)15-18(3)21-8-6-12-27-14-9-22-19(25)16-24/h17-18,21,24H,4-16,20H2,1-3H3,(H,22,25). The van der Waals surface area contributed by atoms with Crippen molar-refractivity contribution in [3.05, 3.63) is 0 Å². The minimum absolute atomic E-state index is 0.369. The normalized spacial score (nSPS) is 12.7. The summed E-state index contributed by atoms with van der Waals surface area (Å²) < 4.78 is 10.9. The fraction of sp³-hybridized carbons (Fsp3) is 0.947. The van der Waals surface area contributed by atoms with Crippen LogP contribution in [0.2, 0.25) is 0 Å². The number of carbonyl (C=O) groups excluding carboxylic acids is 1. The summed E-state index contributed by atoms with van der Waals surface area (Å²) in [4.78, 5) is 13.3. The van der Waals surface area contributed by atoms with Gasteiger partial charge in [-0.15, -0.1) is 0 Å². The highest BCUT2D eigenvalue weighted by Gasteiger charge is 2.12. The Morgan fingerprint density at radius 3 is 2.41 bits per heavy atom. The molecule has 0 saturated carbocycles. The third-order valence-corrected chi connectivity index (χ3v) is 4.16. The summed E-state index contributed by atoms with van der Waals surface area (Å²) in [5, 5.41) is 14.7. The zero-order chi connectivity index (χ0) is 20.3. The molecule has 0 aromatic carbocycles. The molecule has 0 aliphatic carbocycles. The lowest BCUT2D eigenvalue weighted by atomic mass is 10.2. The van der Waals surface area contributed by atoms with Gasteiger partial charge in [-0.3, -0.25) is 9.69 Å². The summed E-state index contributed by atoms with van der Waals surface area (Å²) in [7, 11) is 0. The molecule has 1 atom stereocenters. The summed E-state index contributed by atoms with van der Waals surface area (Å²) in [6.07, 6.45) is 3.13. The molecule has 0 fully saturated rings. The highest BCUT2D eigenvalue weighted by molar-refractivity contribution is 5.76. The molecule has 1 unspecified atom stereocenters. The maximum Gasteiger partial charge on any atom is 0.245 e. The Morgan fingerprint density at radius 2 is 1.74 bits per heavy atom. The predicted molar refractivity (Wildman–Crippen MR) is 109 cm³/mol. The minimum Gasteiger partial charge on any atom is -0.387 e. The third-order valence-electron chi connectivity index (χ3n) is 4.16. The predicted octanol–water partition coefficient (Wildman–Crippen LogP) is -0.0544. The van der Waals surface area contributed by atoms with E-state index in [1.165, 1.54) is 0 Å². The van der Waals surface area contributed by atoms with Crippen LogP contribution in [-0.4, -0.2) is 93.8 Å². The number of hydrogen-bond donors (Lipinski definition) is 4. The number of nitrogens with one attached hydrogen (secondary N) is 2. The summed E-state index contributed by atoms with van der Waals surface area (Å²) >= 11 is 0. The summed E-state index contributed by atoms with van der Waals surface area (Å²) in [6, 6.07) is 0.946. The molecular formula is C19H42N4O4. The second-order valence-electron chi connectivity index (χ2n) is 7.03. The van der Waals surface area contributed by atoms with E-state index < -0.39 is 6.61 Å². The summed E-state index contributed by atoms with van der Waals surface area (Å²) in [5.74, 6) is -0.369. The van der Waals surface area contributed by atoms with Crippen molar-refractivity contribution in [3.8, 4) is 0 Å². The Labute approximate surface area is 165 Å². The van der Waals surface area contributed by atoms with Crippen LogP contribution in [0.25, 0.3) is 0 Å². The van der Waals surface area contributed by atoms with E-state index in [0.29, 0.717) is 45.0 Å². The number of unbranched alkanes of at least 4 members (excludes halogenated alkanes) is 1. The molecule has 0 heterocycles. The van der Waals surface area contributed by atoms with Gasteiger partial charge in [0.2, 0.25) is 5.91 Å². The van der Waals surface area contributed by atoms with Gasteiger partial charge in [-0.1, -0.05) is 0 Å². The van der Waals surface area contributed by atoms with E-state index in [1.807, 2.05) is 0 Å². The molecule has 0 rings (SSSR count). The maximum absolute atomic E-state index is 10.8. The van der Waals surface area contributed by atoms with Crippen molar-refractivity contribution in [2.24, 2.45) is 5.73 Å². The van der Waals surface area contributed by atoms with Gasteiger partial charge < -0.3 is 30.9 Å². The second kappa shape index (κ2) is 18.6. The molecule has 0 radical (unpaired) electrons. The topological polar surface area (TPSA) is 109 Å². The number of aliphatic hydroxyl groups excluding tert-OH is 1. The highest BCUT2D eigenvalue weighted by Crippen LogP contribution is 2.04. The zero-order valence-corrected chi connectivity index (χ0v) is 17.5. The van der Waals surface area contributed by atoms with Crippen LogP contribution >= 0.6 is 0 Å². The number of nitrogens with two attached hydrogens (primary N) is 1. The van der Waals surface area contributed by atoms with Crippen LogP contribution in [0, 0.1) is 0 Å². The summed E-state index contributed by atoms with van der Waals surface area (Å²) in [6.45, 7) is 12.8. The SMILES string of the molecule is CC(CN(CCCCOCCN)C(C)C)NCCCOCCNC(=O)CO. The van der Waals surface area contributed by atoms with Crippen molar-refractivity contribution in [2.75, 3.05) is 65.8 Å². The first-order chi connectivity index (χ1) is 13.0. The molecule has 8 nitrogen and oxygen atoms in total. The minimum atomic E-state index is -0.475. The fourth-order valence-corrected chi connectivity index (χ4v) is 2.62. The molecule has 27 heavy (non-hydrogen) atoms. The van der Waals surface area contributed by atoms with Gasteiger partial charge in [0.05, 0.1) is 13.2 Å². The third kappa shape index (κ3) is 17.1. The molecule has 8 heteroatoms. The van der Waals surface area contributed by atoms with E-state index in [-0.39, 0.29) is 5.91 Å². The van der Waals surface area contributed by atoms with Crippen molar-refractivity contribution < 1.29 is 19.4 Å². The fourth-order valence-electron chi connectivity index (χ4n) is 2.62. The Bertz CT molecular complexity index is 346. The van der Waals surface area contributed by atoms with Crippen molar-refractivity contribution in [1.29, 1.82) is 0 Å². The lowest BCUT2D eigenvalue weighted by Crippen LogP contribution is -2.43. The lowest BCUT2D eigenvalue weighted by molar-refractivity contribution is -0.124. The van der Waals surface area contributed by atoms with E-state index >= 15 is 0 Å². The molecular weight excluding hydrogens is 348 g/mol. The number of amides is 1. The van der Waals surface area contributed by atoms with Crippen LogP contribution < -0.4 is 16.4 Å². The molecule has 5 N–H and O–H groups in total. The quantitative estimate of drug-likeness (QED) is 0.229. The number of nitrogens with zero attached hydrogens (tertiary/aromatic N) is 1. The van der Waals surface area contributed by atoms with Crippen LogP contribution in [0.15, 0.2) is 0 Å². The number of aliphatic hydroxyl groups is 1. The zero-order valence-electron chi connectivity index (χ0n) is 17.5. The van der Waals surface area contributed by atoms with Gasteiger partial charge in [0.15, 0.2) is 0 Å². The number of ether oxygens (including phenoxy) is 2. The first-order valence-electron chi connectivity index (χ1n) is 10.2. The van der Waals surface area contributed by atoms with Gasteiger partial charge in [0.25, 0.3) is 0 Å². The van der Waals surface area contributed by atoms with Crippen LogP contribution in [-0.2, 0) is 14.3 Å². The van der Waals surface area contributed by atoms with E-state index in [2.05, 4.69) is 36.3 Å². The monoisotopic (exact) mass is 390 g/mol. The molecule has 1 amide bonds. The molecule has 0 aliphatic heterocycles. The molecule has 0 aliphatic rings. The summed E-state index contributed by atoms with van der Waals surface area (Å²) in [5.41, 5.74) is 5.41. The molecule has 0 aromatic rings. The lowest BCUT2D eigenvalue weighted by Gasteiger charge is -2.29. The maximum atomic E-state index is 10.8. The van der Waals surface area contributed by atoms with Gasteiger partial charge >= 0.3 is 0 Å². The van der Waals surface area contributed by atoms with Crippen LogP contribution in [0.1, 0.15) is 40.0 Å². The van der Waals surface area contributed by atoms with Gasteiger partial charge in [0.1, 0.15) is 6.61 Å². The Morgan fingerprint density at radius 1 is 1.04 bits per heavy atom. The van der Waals surface area contributed by atoms with Gasteiger partial charge in [0, 0.05) is 44.9 Å².